The Morgan fingerprint density at radius 2 is 1.54 bits per heavy atom. The minimum absolute atomic E-state index is 0.0709. The average molecular weight is 508 g/mol. The summed E-state index contributed by atoms with van der Waals surface area (Å²) in [6, 6.07) is 14.8. The van der Waals surface area contributed by atoms with Crippen LogP contribution in [0.15, 0.2) is 60.7 Å². The van der Waals surface area contributed by atoms with Crippen molar-refractivity contribution in [3.05, 3.63) is 81.9 Å². The van der Waals surface area contributed by atoms with E-state index in [9.17, 15) is 24.5 Å². The third-order valence-corrected chi connectivity index (χ3v) is 5.26. The summed E-state index contributed by atoms with van der Waals surface area (Å²) in [7, 11) is 2.85. The Bertz CT molecular complexity index is 1330. The van der Waals surface area contributed by atoms with Gasteiger partial charge < -0.3 is 31.2 Å². The lowest BCUT2D eigenvalue weighted by Crippen LogP contribution is -2.20. The Kier molecular flexibility index (Phi) is 8.60. The third-order valence-electron chi connectivity index (χ3n) is 5.26. The van der Waals surface area contributed by atoms with Crippen LogP contribution in [0.1, 0.15) is 22.3 Å². The lowest BCUT2D eigenvalue weighted by Gasteiger charge is -2.14. The second kappa shape index (κ2) is 12.0. The number of nitrogens with zero attached hydrogens (tertiary/aromatic N) is 1. The quantitative estimate of drug-likeness (QED) is 0.237. The van der Waals surface area contributed by atoms with E-state index in [0.29, 0.717) is 23.6 Å². The van der Waals surface area contributed by atoms with E-state index < -0.39 is 16.9 Å². The van der Waals surface area contributed by atoms with Crippen LogP contribution < -0.4 is 31.2 Å². The maximum Gasteiger partial charge on any atom is 0.323 e. The minimum Gasteiger partial charge on any atom is -0.493 e. The molecule has 0 heterocycles. The molecule has 0 aromatic heterocycles. The van der Waals surface area contributed by atoms with Crippen LogP contribution >= 0.6 is 0 Å². The molecule has 0 spiro atoms. The van der Waals surface area contributed by atoms with E-state index in [1.807, 2.05) is 0 Å². The van der Waals surface area contributed by atoms with Crippen LogP contribution in [-0.4, -0.2) is 37.0 Å². The second-order valence-electron chi connectivity index (χ2n) is 7.72. The molecule has 0 unspecified atom stereocenters. The van der Waals surface area contributed by atoms with Crippen LogP contribution in [0, 0.1) is 10.1 Å². The fraction of sp³-hybridized carbons (Fsp3) is 0.160. The second-order valence-corrected chi connectivity index (χ2v) is 7.72. The van der Waals surface area contributed by atoms with Gasteiger partial charge in [-0.25, -0.2) is 4.79 Å². The van der Waals surface area contributed by atoms with E-state index >= 15 is 0 Å². The van der Waals surface area contributed by atoms with Gasteiger partial charge in [-0.05, 0) is 36.2 Å². The molecule has 37 heavy (non-hydrogen) atoms. The van der Waals surface area contributed by atoms with Crippen molar-refractivity contribution < 1.29 is 28.8 Å². The Balaban J connectivity index is 1.57. The van der Waals surface area contributed by atoms with Gasteiger partial charge in [0, 0.05) is 24.2 Å². The number of nitrogens with two attached hydrogens (primary N) is 1. The van der Waals surface area contributed by atoms with Crippen LogP contribution in [0.4, 0.5) is 27.5 Å². The van der Waals surface area contributed by atoms with E-state index in [1.54, 1.807) is 30.3 Å². The van der Waals surface area contributed by atoms with Crippen molar-refractivity contribution in [3.63, 3.8) is 0 Å². The van der Waals surface area contributed by atoms with Gasteiger partial charge in [-0.15, -0.1) is 0 Å². The van der Waals surface area contributed by atoms with E-state index in [-0.39, 0.29) is 35.0 Å². The highest BCUT2D eigenvalue weighted by Gasteiger charge is 2.17. The smallest absolute Gasteiger partial charge is 0.323 e. The maximum absolute atomic E-state index is 12.5. The molecule has 0 aliphatic carbocycles. The van der Waals surface area contributed by atoms with Crippen LogP contribution in [0.5, 0.6) is 11.5 Å². The van der Waals surface area contributed by atoms with Gasteiger partial charge in [0.2, 0.25) is 5.91 Å². The molecule has 12 nitrogen and oxygen atoms in total. The number of amides is 4. The molecule has 3 rings (SSSR count). The Morgan fingerprint density at radius 3 is 2.16 bits per heavy atom. The number of para-hydroxylation sites is 2. The number of primary amides is 1. The fourth-order valence-electron chi connectivity index (χ4n) is 3.43. The number of anilines is 3. The molecule has 0 bridgehead atoms. The summed E-state index contributed by atoms with van der Waals surface area (Å²) < 4.78 is 10.4. The van der Waals surface area contributed by atoms with E-state index in [4.69, 9.17) is 15.2 Å². The molecular formula is C25H25N5O7. The van der Waals surface area contributed by atoms with Crippen LogP contribution in [0.2, 0.25) is 0 Å². The van der Waals surface area contributed by atoms with Gasteiger partial charge in [0.15, 0.2) is 11.5 Å². The average Bonchev–Trinajstić information content (AvgIpc) is 2.88. The fourth-order valence-corrected chi connectivity index (χ4v) is 3.43. The molecule has 0 aliphatic heterocycles. The topological polar surface area (TPSA) is 175 Å². The Labute approximate surface area is 211 Å². The number of urea groups is 1. The summed E-state index contributed by atoms with van der Waals surface area (Å²) in [5, 5.41) is 18.8. The van der Waals surface area contributed by atoms with Crippen molar-refractivity contribution in [2.75, 3.05) is 30.2 Å². The van der Waals surface area contributed by atoms with Gasteiger partial charge in [0.05, 0.1) is 30.4 Å². The first-order chi connectivity index (χ1) is 17.7. The number of methoxy groups -OCH3 is 2. The largest absolute Gasteiger partial charge is 0.493 e. The zero-order chi connectivity index (χ0) is 26.9. The van der Waals surface area contributed by atoms with E-state index in [2.05, 4.69) is 16.0 Å². The predicted octanol–water partition coefficient (Wildman–Crippen LogP) is 3.93. The van der Waals surface area contributed by atoms with Gasteiger partial charge in [0.25, 0.3) is 11.6 Å². The van der Waals surface area contributed by atoms with Crippen LogP contribution in [0.25, 0.3) is 0 Å². The summed E-state index contributed by atoms with van der Waals surface area (Å²) >= 11 is 0. The zero-order valence-corrected chi connectivity index (χ0v) is 20.1. The molecule has 0 radical (unpaired) electrons. The van der Waals surface area contributed by atoms with Gasteiger partial charge in [-0.3, -0.25) is 19.7 Å². The number of nitrogens with one attached hydrogen (secondary N) is 3. The summed E-state index contributed by atoms with van der Waals surface area (Å²) in [5.74, 6) is -0.443. The first-order valence-electron chi connectivity index (χ1n) is 11.0. The van der Waals surface area contributed by atoms with Crippen molar-refractivity contribution in [3.8, 4) is 11.5 Å². The predicted molar refractivity (Wildman–Crippen MR) is 137 cm³/mol. The Morgan fingerprint density at radius 1 is 0.892 bits per heavy atom. The van der Waals surface area contributed by atoms with Gasteiger partial charge >= 0.3 is 6.03 Å². The third kappa shape index (κ3) is 6.94. The molecule has 5 N–H and O–H groups in total. The first-order valence-corrected chi connectivity index (χ1v) is 11.0. The van der Waals surface area contributed by atoms with Gasteiger partial charge in [0.1, 0.15) is 5.69 Å². The number of hydrogen-bond acceptors (Lipinski definition) is 7. The van der Waals surface area contributed by atoms with Crippen molar-refractivity contribution >= 4 is 40.6 Å². The summed E-state index contributed by atoms with van der Waals surface area (Å²) in [5.41, 5.74) is 6.85. The Hall–Kier alpha value is -5.13. The molecule has 0 atom stereocenters. The van der Waals surface area contributed by atoms with Crippen LogP contribution in [-0.2, 0) is 11.2 Å². The number of carbonyl (C=O) groups excluding carboxylic acids is 3. The number of hydrogen-bond donors (Lipinski definition) is 4. The van der Waals surface area contributed by atoms with Crippen LogP contribution in [0.3, 0.4) is 0 Å². The van der Waals surface area contributed by atoms with Crippen molar-refractivity contribution in [1.29, 1.82) is 0 Å². The van der Waals surface area contributed by atoms with Crippen molar-refractivity contribution in [2.24, 2.45) is 5.73 Å². The minimum atomic E-state index is -0.731. The highest BCUT2D eigenvalue weighted by molar-refractivity contribution is 6.04. The summed E-state index contributed by atoms with van der Waals surface area (Å²) in [6.07, 6.45) is 0.491. The molecule has 12 heteroatoms. The maximum atomic E-state index is 12.5. The van der Waals surface area contributed by atoms with Gasteiger partial charge in [-0.2, -0.15) is 0 Å². The normalized spacial score (nSPS) is 10.2. The standard InChI is InChI=1S/C25H25N5O7/c1-36-21-13-17(24(26)32)19(14-22(21)37-2)28-23(31)12-9-15-7-10-16(11-8-15)27-25(33)29-18-5-3-4-6-20(18)30(34)35/h3-8,10-11,13-14H,9,12H2,1-2H3,(H2,26,32)(H,28,31)(H2,27,29,33). The summed E-state index contributed by atoms with van der Waals surface area (Å²) in [6.45, 7) is 0. The number of nitro groups is 1. The van der Waals surface area contributed by atoms with Gasteiger partial charge in [-0.1, -0.05) is 24.3 Å². The highest BCUT2D eigenvalue weighted by atomic mass is 16.6. The molecular weight excluding hydrogens is 482 g/mol. The van der Waals surface area contributed by atoms with E-state index in [1.165, 1.54) is 44.6 Å². The molecule has 192 valence electrons. The molecule has 0 saturated carbocycles. The molecule has 0 saturated heterocycles. The molecule has 0 aliphatic rings. The number of nitro benzene ring substituents is 1. The number of benzene rings is 3. The summed E-state index contributed by atoms with van der Waals surface area (Å²) in [4.78, 5) is 47.1. The number of aryl methyl sites for hydroxylation is 1. The molecule has 0 fully saturated rings. The molecule has 4 amide bonds. The first kappa shape index (κ1) is 26.5. The zero-order valence-electron chi connectivity index (χ0n) is 20.1. The molecule has 3 aromatic carbocycles. The lowest BCUT2D eigenvalue weighted by atomic mass is 10.1. The number of rotatable bonds is 10. The van der Waals surface area contributed by atoms with Crippen molar-refractivity contribution in [1.82, 2.24) is 0 Å². The number of carbonyl (C=O) groups is 3. The monoisotopic (exact) mass is 507 g/mol. The highest BCUT2D eigenvalue weighted by Crippen LogP contribution is 2.33. The lowest BCUT2D eigenvalue weighted by molar-refractivity contribution is -0.383. The molecule has 3 aromatic rings. The SMILES string of the molecule is COc1cc(NC(=O)CCc2ccc(NC(=O)Nc3ccccc3[N+](=O)[O-])cc2)c(C(N)=O)cc1OC. The number of ether oxygens (including phenoxy) is 2. The van der Waals surface area contributed by atoms with Crippen molar-refractivity contribution in [2.45, 2.75) is 12.8 Å². The van der Waals surface area contributed by atoms with E-state index in [0.717, 1.165) is 5.56 Å².